The van der Waals surface area contributed by atoms with Crippen LogP contribution in [0.2, 0.25) is 18.1 Å². The first-order valence-corrected chi connectivity index (χ1v) is 13.5. The van der Waals surface area contributed by atoms with Gasteiger partial charge in [0.2, 0.25) is 0 Å². The van der Waals surface area contributed by atoms with Gasteiger partial charge in [0.15, 0.2) is 20.2 Å². The topological polar surface area (TPSA) is 95.6 Å². The van der Waals surface area contributed by atoms with Gasteiger partial charge in [-0.2, -0.15) is 0 Å². The average molecular weight is 463 g/mol. The molecule has 0 bridgehead atoms. The number of nitrogens with one attached hydrogen (secondary N) is 1. The zero-order valence-corrected chi connectivity index (χ0v) is 22.2. The van der Waals surface area contributed by atoms with Gasteiger partial charge in [-0.3, -0.25) is 9.63 Å². The molecule has 0 aromatic carbocycles. The number of hydroxylamine groups is 2. The number of alkyl carbamates (subject to hydrolysis) is 1. The summed E-state index contributed by atoms with van der Waals surface area (Å²) in [5.74, 6) is -1.44. The lowest BCUT2D eigenvalue weighted by molar-refractivity contribution is -0.187. The van der Waals surface area contributed by atoms with E-state index in [1.54, 1.807) is 34.6 Å². The maximum absolute atomic E-state index is 12.9. The lowest BCUT2D eigenvalue weighted by atomic mass is 10.1. The molecule has 0 radical (unpaired) electrons. The number of nitrogens with zero attached hydrogens (tertiary/aromatic N) is 1. The molecule has 1 aliphatic rings. The Labute approximate surface area is 188 Å². The Hall–Kier alpha value is -1.20. The predicted molar refractivity (Wildman–Crippen MR) is 120 cm³/mol. The molecule has 1 aliphatic heterocycles. The molecule has 0 aromatic rings. The van der Waals surface area contributed by atoms with Crippen molar-refractivity contribution in [3.63, 3.8) is 0 Å². The van der Waals surface area contributed by atoms with Crippen LogP contribution in [0, 0.1) is 0 Å². The summed E-state index contributed by atoms with van der Waals surface area (Å²) in [6.07, 6.45) is -2.39. The molecule has 10 heteroatoms. The molecular formula is C21H42N2O7Si. The summed E-state index contributed by atoms with van der Waals surface area (Å²) in [6, 6.07) is -0.676. The van der Waals surface area contributed by atoms with Gasteiger partial charge in [0.1, 0.15) is 11.7 Å². The number of rotatable bonds is 7. The van der Waals surface area contributed by atoms with E-state index in [9.17, 15) is 9.59 Å². The van der Waals surface area contributed by atoms with Crippen molar-refractivity contribution in [3.8, 4) is 0 Å². The van der Waals surface area contributed by atoms with Crippen LogP contribution in [-0.2, 0) is 28.3 Å². The Morgan fingerprint density at radius 1 is 1.13 bits per heavy atom. The molecule has 0 unspecified atom stereocenters. The summed E-state index contributed by atoms with van der Waals surface area (Å²) in [5.41, 5.74) is -0.674. The highest BCUT2D eigenvalue weighted by atomic mass is 28.4. The Kier molecular flexibility index (Phi) is 8.74. The van der Waals surface area contributed by atoms with Crippen LogP contribution < -0.4 is 5.32 Å². The SMILES string of the molecule is CON(C)C(=O)[C@H]1OC(C)(C)O[C@H]1[C@H](CO[Si](C)(C)C(C)(C)C)NC(=O)OC(C)(C)C. The number of carbonyl (C=O) groups is 2. The molecule has 31 heavy (non-hydrogen) atoms. The summed E-state index contributed by atoms with van der Waals surface area (Å²) in [6.45, 7) is 19.6. The Bertz CT molecular complexity index is 641. The van der Waals surface area contributed by atoms with E-state index in [1.165, 1.54) is 14.2 Å². The van der Waals surface area contributed by atoms with Crippen molar-refractivity contribution in [1.29, 1.82) is 0 Å². The zero-order valence-electron chi connectivity index (χ0n) is 21.2. The van der Waals surface area contributed by atoms with Crippen molar-refractivity contribution < 1.29 is 33.1 Å². The molecule has 1 rings (SSSR count). The van der Waals surface area contributed by atoms with Crippen molar-refractivity contribution >= 4 is 20.3 Å². The first kappa shape index (κ1) is 27.8. The third kappa shape index (κ3) is 8.01. The molecular weight excluding hydrogens is 420 g/mol. The van der Waals surface area contributed by atoms with E-state index in [0.717, 1.165) is 5.06 Å². The Morgan fingerprint density at radius 2 is 1.68 bits per heavy atom. The fraction of sp³-hybridized carbons (Fsp3) is 0.905. The van der Waals surface area contributed by atoms with Crippen LogP contribution >= 0.6 is 0 Å². The van der Waals surface area contributed by atoms with Crippen LogP contribution in [0.3, 0.4) is 0 Å². The minimum atomic E-state index is -2.14. The maximum atomic E-state index is 12.9. The van der Waals surface area contributed by atoms with E-state index in [1.807, 2.05) is 0 Å². The van der Waals surface area contributed by atoms with Gasteiger partial charge in [-0.1, -0.05) is 20.8 Å². The van der Waals surface area contributed by atoms with E-state index in [2.05, 4.69) is 39.2 Å². The number of hydrogen-bond donors (Lipinski definition) is 1. The van der Waals surface area contributed by atoms with Crippen LogP contribution in [0.15, 0.2) is 0 Å². The second-order valence-corrected chi connectivity index (χ2v) is 15.7. The van der Waals surface area contributed by atoms with Crippen LogP contribution in [-0.4, -0.2) is 75.8 Å². The fourth-order valence-corrected chi connectivity index (χ4v) is 3.76. The summed E-state index contributed by atoms with van der Waals surface area (Å²) in [5, 5.41) is 3.90. The van der Waals surface area contributed by atoms with Crippen molar-refractivity contribution in [3.05, 3.63) is 0 Å². The average Bonchev–Trinajstić information content (AvgIpc) is 2.90. The van der Waals surface area contributed by atoms with Gasteiger partial charge >= 0.3 is 6.09 Å². The molecule has 0 saturated carbocycles. The minimum Gasteiger partial charge on any atom is -0.444 e. The fourth-order valence-electron chi connectivity index (χ4n) is 2.74. The first-order valence-electron chi connectivity index (χ1n) is 10.6. The molecule has 0 spiro atoms. The Morgan fingerprint density at radius 3 is 2.13 bits per heavy atom. The molecule has 3 atom stereocenters. The highest BCUT2D eigenvalue weighted by molar-refractivity contribution is 6.74. The quantitative estimate of drug-likeness (QED) is 0.457. The molecule has 1 heterocycles. The number of hydrogen-bond acceptors (Lipinski definition) is 7. The van der Waals surface area contributed by atoms with Gasteiger partial charge in [-0.15, -0.1) is 0 Å². The molecule has 182 valence electrons. The largest absolute Gasteiger partial charge is 0.444 e. The van der Waals surface area contributed by atoms with Gasteiger partial charge in [-0.05, 0) is 52.8 Å². The summed E-state index contributed by atoms with van der Waals surface area (Å²) >= 11 is 0. The predicted octanol–water partition coefficient (Wildman–Crippen LogP) is 3.44. The van der Waals surface area contributed by atoms with Gasteiger partial charge in [0.05, 0.1) is 19.8 Å². The molecule has 2 amide bonds. The lowest BCUT2D eigenvalue weighted by Gasteiger charge is -2.38. The van der Waals surface area contributed by atoms with Crippen molar-refractivity contribution in [2.24, 2.45) is 0 Å². The van der Waals surface area contributed by atoms with Crippen molar-refractivity contribution in [2.75, 3.05) is 20.8 Å². The summed E-state index contributed by atoms with van der Waals surface area (Å²) < 4.78 is 23.7. The number of ether oxygens (including phenoxy) is 3. The second-order valence-electron chi connectivity index (χ2n) is 10.9. The molecule has 9 nitrogen and oxygen atoms in total. The highest BCUT2D eigenvalue weighted by Gasteiger charge is 2.51. The molecule has 1 saturated heterocycles. The second kappa shape index (κ2) is 9.74. The monoisotopic (exact) mass is 462 g/mol. The number of carbonyl (C=O) groups excluding carboxylic acids is 2. The summed E-state index contributed by atoms with van der Waals surface area (Å²) in [7, 11) is 0.752. The molecule has 1 N–H and O–H groups in total. The van der Waals surface area contributed by atoms with E-state index < -0.39 is 50.0 Å². The van der Waals surface area contributed by atoms with Crippen molar-refractivity contribution in [2.45, 2.75) is 103 Å². The van der Waals surface area contributed by atoms with E-state index in [0.29, 0.717) is 0 Å². The number of likely N-dealkylation sites (N-methyl/N-ethyl adjacent to an activating group) is 1. The molecule has 0 aliphatic carbocycles. The maximum Gasteiger partial charge on any atom is 0.408 e. The first-order chi connectivity index (χ1) is 13.8. The highest BCUT2D eigenvalue weighted by Crippen LogP contribution is 2.37. The Balaban J connectivity index is 3.19. The molecule has 0 aromatic heterocycles. The van der Waals surface area contributed by atoms with Gasteiger partial charge in [0, 0.05) is 7.05 Å². The van der Waals surface area contributed by atoms with E-state index >= 15 is 0 Å². The summed E-state index contributed by atoms with van der Waals surface area (Å²) in [4.78, 5) is 30.5. The van der Waals surface area contributed by atoms with Gasteiger partial charge < -0.3 is 24.0 Å². The van der Waals surface area contributed by atoms with Gasteiger partial charge in [-0.25, -0.2) is 9.86 Å². The third-order valence-electron chi connectivity index (χ3n) is 5.49. The normalized spacial score (nSPS) is 22.7. The number of amides is 2. The van der Waals surface area contributed by atoms with Crippen molar-refractivity contribution in [1.82, 2.24) is 10.4 Å². The van der Waals surface area contributed by atoms with E-state index in [4.69, 9.17) is 23.5 Å². The zero-order chi connectivity index (χ0) is 24.4. The van der Waals surface area contributed by atoms with Crippen LogP contribution in [0.5, 0.6) is 0 Å². The third-order valence-corrected chi connectivity index (χ3v) is 9.99. The minimum absolute atomic E-state index is 0.0265. The van der Waals surface area contributed by atoms with Crippen LogP contribution in [0.1, 0.15) is 55.4 Å². The molecule has 1 fully saturated rings. The van der Waals surface area contributed by atoms with Crippen LogP contribution in [0.25, 0.3) is 0 Å². The lowest BCUT2D eigenvalue weighted by Crippen LogP contribution is -2.56. The smallest absolute Gasteiger partial charge is 0.408 e. The van der Waals surface area contributed by atoms with Crippen LogP contribution in [0.4, 0.5) is 4.79 Å². The van der Waals surface area contributed by atoms with E-state index in [-0.39, 0.29) is 11.6 Å². The van der Waals surface area contributed by atoms with Gasteiger partial charge in [0.25, 0.3) is 5.91 Å². The standard InChI is InChI=1S/C21H42N2O7Si/c1-19(2,3)30-18(25)22-14(13-27-31(11,12)20(4,5)6)15-16(17(24)23(9)26-10)29-21(7,8)28-15/h14-16H,13H2,1-12H3,(H,22,25)/t14-,15-,16-/m0/s1.